The molecule has 2 rings (SSSR count). The van der Waals surface area contributed by atoms with Gasteiger partial charge in [0.05, 0.1) is 20.3 Å². The van der Waals surface area contributed by atoms with Crippen LogP contribution in [0.25, 0.3) is 0 Å². The maximum atomic E-state index is 6.27. The number of hydrogen-bond donors (Lipinski definition) is 1. The first kappa shape index (κ1) is 13.4. The minimum Gasteiger partial charge on any atom is -0.496 e. The van der Waals surface area contributed by atoms with Gasteiger partial charge >= 0.3 is 0 Å². The van der Waals surface area contributed by atoms with Crippen molar-refractivity contribution in [1.29, 1.82) is 0 Å². The number of methoxy groups -OCH3 is 1. The lowest BCUT2D eigenvalue weighted by atomic mass is 10.0. The van der Waals surface area contributed by atoms with Gasteiger partial charge in [-0.3, -0.25) is 0 Å². The molecular weight excluding hydrogens is 226 g/mol. The van der Waals surface area contributed by atoms with Crippen LogP contribution in [-0.4, -0.2) is 19.3 Å². The SMILES string of the molecule is COc1ccc(C)cc1COCC1(N)CCCC1. The van der Waals surface area contributed by atoms with Gasteiger partial charge in [0.1, 0.15) is 5.75 Å². The summed E-state index contributed by atoms with van der Waals surface area (Å²) in [6.07, 6.45) is 4.62. The number of nitrogens with two attached hydrogens (primary N) is 1. The van der Waals surface area contributed by atoms with Gasteiger partial charge in [0.25, 0.3) is 0 Å². The summed E-state index contributed by atoms with van der Waals surface area (Å²) in [7, 11) is 1.69. The summed E-state index contributed by atoms with van der Waals surface area (Å²) in [6, 6.07) is 6.14. The average molecular weight is 249 g/mol. The molecule has 0 atom stereocenters. The highest BCUT2D eigenvalue weighted by atomic mass is 16.5. The molecule has 1 fully saturated rings. The van der Waals surface area contributed by atoms with Gasteiger partial charge in [-0.05, 0) is 25.8 Å². The second-order valence-electron chi connectivity index (χ2n) is 5.38. The second kappa shape index (κ2) is 5.72. The Bertz CT molecular complexity index is 397. The van der Waals surface area contributed by atoms with E-state index < -0.39 is 0 Å². The summed E-state index contributed by atoms with van der Waals surface area (Å²) in [5.41, 5.74) is 8.48. The van der Waals surface area contributed by atoms with E-state index in [1.165, 1.54) is 18.4 Å². The molecule has 1 aromatic rings. The normalized spacial score (nSPS) is 17.9. The third kappa shape index (κ3) is 3.24. The molecule has 0 aromatic heterocycles. The molecule has 18 heavy (non-hydrogen) atoms. The van der Waals surface area contributed by atoms with Crippen LogP contribution in [0.4, 0.5) is 0 Å². The fourth-order valence-electron chi connectivity index (χ4n) is 2.61. The molecule has 1 aliphatic carbocycles. The van der Waals surface area contributed by atoms with Crippen LogP contribution >= 0.6 is 0 Å². The first-order chi connectivity index (χ1) is 8.63. The van der Waals surface area contributed by atoms with E-state index in [1.54, 1.807) is 7.11 Å². The van der Waals surface area contributed by atoms with Crippen molar-refractivity contribution in [2.45, 2.75) is 44.8 Å². The van der Waals surface area contributed by atoms with Gasteiger partial charge in [0, 0.05) is 11.1 Å². The van der Waals surface area contributed by atoms with Crippen molar-refractivity contribution in [2.75, 3.05) is 13.7 Å². The van der Waals surface area contributed by atoms with Crippen LogP contribution in [0.2, 0.25) is 0 Å². The minimum atomic E-state index is -0.100. The molecule has 2 N–H and O–H groups in total. The highest BCUT2D eigenvalue weighted by Crippen LogP contribution is 2.28. The lowest BCUT2D eigenvalue weighted by Crippen LogP contribution is -2.41. The average Bonchev–Trinajstić information content (AvgIpc) is 2.77. The quantitative estimate of drug-likeness (QED) is 0.872. The molecule has 0 amide bonds. The summed E-state index contributed by atoms with van der Waals surface area (Å²) >= 11 is 0. The molecule has 1 aromatic carbocycles. The molecule has 0 heterocycles. The van der Waals surface area contributed by atoms with Crippen LogP contribution in [0.15, 0.2) is 18.2 Å². The Morgan fingerprint density at radius 2 is 2.00 bits per heavy atom. The van der Waals surface area contributed by atoms with Crippen molar-refractivity contribution in [3.8, 4) is 5.75 Å². The third-order valence-electron chi connectivity index (χ3n) is 3.68. The number of ether oxygens (including phenoxy) is 2. The van der Waals surface area contributed by atoms with Gasteiger partial charge < -0.3 is 15.2 Å². The van der Waals surface area contributed by atoms with E-state index in [9.17, 15) is 0 Å². The molecule has 0 spiro atoms. The van der Waals surface area contributed by atoms with Gasteiger partial charge in [0.15, 0.2) is 0 Å². The fraction of sp³-hybridized carbons (Fsp3) is 0.600. The summed E-state index contributed by atoms with van der Waals surface area (Å²) < 4.78 is 11.1. The smallest absolute Gasteiger partial charge is 0.124 e. The Morgan fingerprint density at radius 3 is 2.67 bits per heavy atom. The Hall–Kier alpha value is -1.06. The molecule has 3 nitrogen and oxygen atoms in total. The van der Waals surface area contributed by atoms with Gasteiger partial charge in [-0.25, -0.2) is 0 Å². The van der Waals surface area contributed by atoms with E-state index in [2.05, 4.69) is 13.0 Å². The number of rotatable bonds is 5. The molecule has 100 valence electrons. The van der Waals surface area contributed by atoms with Crippen LogP contribution < -0.4 is 10.5 Å². The monoisotopic (exact) mass is 249 g/mol. The van der Waals surface area contributed by atoms with Crippen molar-refractivity contribution in [3.05, 3.63) is 29.3 Å². The summed E-state index contributed by atoms with van der Waals surface area (Å²) in [5, 5.41) is 0. The van der Waals surface area contributed by atoms with Crippen LogP contribution in [0.1, 0.15) is 36.8 Å². The van der Waals surface area contributed by atoms with Gasteiger partial charge in [-0.1, -0.05) is 30.5 Å². The van der Waals surface area contributed by atoms with Crippen LogP contribution in [0.5, 0.6) is 5.75 Å². The van der Waals surface area contributed by atoms with Gasteiger partial charge in [0.2, 0.25) is 0 Å². The first-order valence-electron chi connectivity index (χ1n) is 6.63. The summed E-state index contributed by atoms with van der Waals surface area (Å²) in [5.74, 6) is 0.887. The lowest BCUT2D eigenvalue weighted by Gasteiger charge is -2.23. The zero-order chi connectivity index (χ0) is 13.0. The van der Waals surface area contributed by atoms with Gasteiger partial charge in [-0.2, -0.15) is 0 Å². The molecule has 0 saturated heterocycles. The maximum Gasteiger partial charge on any atom is 0.124 e. The largest absolute Gasteiger partial charge is 0.496 e. The Morgan fingerprint density at radius 1 is 1.28 bits per heavy atom. The molecule has 3 heteroatoms. The predicted molar refractivity (Wildman–Crippen MR) is 72.8 cm³/mol. The lowest BCUT2D eigenvalue weighted by molar-refractivity contribution is 0.0738. The zero-order valence-electron chi connectivity index (χ0n) is 11.4. The van der Waals surface area contributed by atoms with E-state index in [4.69, 9.17) is 15.2 Å². The summed E-state index contributed by atoms with van der Waals surface area (Å²) in [6.45, 7) is 3.29. The Labute approximate surface area is 109 Å². The number of hydrogen-bond acceptors (Lipinski definition) is 3. The van der Waals surface area contributed by atoms with E-state index in [-0.39, 0.29) is 5.54 Å². The molecule has 1 saturated carbocycles. The van der Waals surface area contributed by atoms with Gasteiger partial charge in [-0.15, -0.1) is 0 Å². The topological polar surface area (TPSA) is 44.5 Å². The Kier molecular flexibility index (Phi) is 4.25. The first-order valence-corrected chi connectivity index (χ1v) is 6.63. The third-order valence-corrected chi connectivity index (χ3v) is 3.68. The molecule has 0 radical (unpaired) electrons. The van der Waals surface area contributed by atoms with Crippen LogP contribution in [0.3, 0.4) is 0 Å². The number of benzene rings is 1. The molecule has 0 unspecified atom stereocenters. The van der Waals surface area contributed by atoms with Crippen molar-refractivity contribution >= 4 is 0 Å². The molecular formula is C15H23NO2. The Balaban J connectivity index is 1.91. The minimum absolute atomic E-state index is 0.100. The van der Waals surface area contributed by atoms with Crippen molar-refractivity contribution < 1.29 is 9.47 Å². The van der Waals surface area contributed by atoms with E-state index >= 15 is 0 Å². The highest BCUT2D eigenvalue weighted by Gasteiger charge is 2.29. The maximum absolute atomic E-state index is 6.27. The summed E-state index contributed by atoms with van der Waals surface area (Å²) in [4.78, 5) is 0. The number of aryl methyl sites for hydroxylation is 1. The molecule has 0 aliphatic heterocycles. The predicted octanol–water partition coefficient (Wildman–Crippen LogP) is 2.79. The second-order valence-corrected chi connectivity index (χ2v) is 5.38. The van der Waals surface area contributed by atoms with Crippen molar-refractivity contribution in [1.82, 2.24) is 0 Å². The van der Waals surface area contributed by atoms with Crippen LogP contribution in [0, 0.1) is 6.92 Å². The highest BCUT2D eigenvalue weighted by molar-refractivity contribution is 5.36. The van der Waals surface area contributed by atoms with Crippen molar-refractivity contribution in [2.24, 2.45) is 5.73 Å². The van der Waals surface area contributed by atoms with Crippen molar-refractivity contribution in [3.63, 3.8) is 0 Å². The van der Waals surface area contributed by atoms with E-state index in [1.807, 2.05) is 12.1 Å². The van der Waals surface area contributed by atoms with E-state index in [0.717, 1.165) is 24.2 Å². The van der Waals surface area contributed by atoms with E-state index in [0.29, 0.717) is 13.2 Å². The standard InChI is InChI=1S/C15H23NO2/c1-12-5-6-14(17-2)13(9-12)10-18-11-15(16)7-3-4-8-15/h5-6,9H,3-4,7-8,10-11,16H2,1-2H3. The fourth-order valence-corrected chi connectivity index (χ4v) is 2.61. The zero-order valence-corrected chi connectivity index (χ0v) is 11.4. The van der Waals surface area contributed by atoms with Crippen LogP contribution in [-0.2, 0) is 11.3 Å². The molecule has 1 aliphatic rings. The molecule has 0 bridgehead atoms.